The van der Waals surface area contributed by atoms with Crippen LogP contribution >= 0.6 is 0 Å². The van der Waals surface area contributed by atoms with Crippen LogP contribution in [0.1, 0.15) is 46.0 Å². The van der Waals surface area contributed by atoms with Crippen LogP contribution in [0.5, 0.6) is 0 Å². The van der Waals surface area contributed by atoms with E-state index in [0.29, 0.717) is 19.7 Å². The molecule has 2 saturated heterocycles. The van der Waals surface area contributed by atoms with Crippen molar-refractivity contribution in [1.82, 2.24) is 20.4 Å². The highest BCUT2D eigenvalue weighted by atomic mass is 28.3. The third-order valence-electron chi connectivity index (χ3n) is 7.12. The molecule has 33 heavy (non-hydrogen) atoms. The van der Waals surface area contributed by atoms with Crippen molar-refractivity contribution in [3.63, 3.8) is 0 Å². The molecular formula is C23H42N4O5Si. The van der Waals surface area contributed by atoms with Gasteiger partial charge in [-0.2, -0.15) is 0 Å². The van der Waals surface area contributed by atoms with Crippen LogP contribution in [0, 0.1) is 5.41 Å². The second-order valence-electron chi connectivity index (χ2n) is 11.5. The molecule has 1 aliphatic carbocycles. The number of carbonyl (C=O) groups excluding carboxylic acids is 3. The molecule has 1 spiro atoms. The maximum absolute atomic E-state index is 13.3. The zero-order chi connectivity index (χ0) is 24.3. The molecule has 0 aromatic carbocycles. The first-order valence-electron chi connectivity index (χ1n) is 12.3. The lowest BCUT2D eigenvalue weighted by atomic mass is 9.73. The van der Waals surface area contributed by atoms with E-state index in [1.807, 2.05) is 6.92 Å². The molecule has 2 N–H and O–H groups in total. The van der Waals surface area contributed by atoms with Gasteiger partial charge >= 0.3 is 12.1 Å². The maximum atomic E-state index is 13.3. The smallest absolute Gasteiger partial charge is 0.329 e. The molecule has 2 aliphatic heterocycles. The van der Waals surface area contributed by atoms with Crippen LogP contribution in [0.3, 0.4) is 0 Å². The number of ether oxygens (including phenoxy) is 2. The average Bonchev–Trinajstić information content (AvgIpc) is 2.91. The molecule has 9 nitrogen and oxygen atoms in total. The average molecular weight is 483 g/mol. The number of imide groups is 1. The number of urea groups is 2. The molecule has 3 aliphatic rings. The third-order valence-corrected chi connectivity index (χ3v) is 8.83. The van der Waals surface area contributed by atoms with Crippen molar-refractivity contribution in [3.05, 3.63) is 0 Å². The van der Waals surface area contributed by atoms with Gasteiger partial charge in [0.25, 0.3) is 5.91 Å². The van der Waals surface area contributed by atoms with E-state index in [1.54, 1.807) is 4.90 Å². The zero-order valence-corrected chi connectivity index (χ0v) is 22.0. The monoisotopic (exact) mass is 482 g/mol. The standard InChI is InChI=1S/C23H42N4O5Si/c1-6-11-24-20(29)25-18-7-9-22(2,10-8-18)14-27-21(30)26(17-31-12-13-33(3,4)5)19(28)23(27)15-32-16-23/h18H,6-17H2,1-5H3,(H2,24,25,29). The number of rotatable bonds is 10. The van der Waals surface area contributed by atoms with Gasteiger partial charge in [-0.15, -0.1) is 0 Å². The molecule has 0 aromatic rings. The molecule has 0 radical (unpaired) electrons. The summed E-state index contributed by atoms with van der Waals surface area (Å²) >= 11 is 0. The highest BCUT2D eigenvalue weighted by Crippen LogP contribution is 2.42. The van der Waals surface area contributed by atoms with Crippen molar-refractivity contribution in [2.24, 2.45) is 5.41 Å². The van der Waals surface area contributed by atoms with E-state index < -0.39 is 13.6 Å². The summed E-state index contributed by atoms with van der Waals surface area (Å²) in [6.07, 6.45) is 4.39. The van der Waals surface area contributed by atoms with Gasteiger partial charge in [0.15, 0.2) is 5.54 Å². The number of hydrogen-bond donors (Lipinski definition) is 2. The van der Waals surface area contributed by atoms with E-state index in [0.717, 1.165) is 38.1 Å². The number of hydrogen-bond acceptors (Lipinski definition) is 5. The lowest BCUT2D eigenvalue weighted by Gasteiger charge is -2.47. The van der Waals surface area contributed by atoms with E-state index in [1.165, 1.54) is 4.90 Å². The van der Waals surface area contributed by atoms with Gasteiger partial charge < -0.3 is 25.0 Å². The summed E-state index contributed by atoms with van der Waals surface area (Å²) in [7, 11) is -1.24. The second-order valence-corrected chi connectivity index (χ2v) is 17.1. The van der Waals surface area contributed by atoms with Crippen LogP contribution in [0.4, 0.5) is 9.59 Å². The summed E-state index contributed by atoms with van der Waals surface area (Å²) in [5, 5.41) is 5.92. The molecule has 0 atom stereocenters. The molecular weight excluding hydrogens is 440 g/mol. The Hall–Kier alpha value is -1.65. The van der Waals surface area contributed by atoms with Crippen molar-refractivity contribution in [2.45, 2.75) is 83.2 Å². The zero-order valence-electron chi connectivity index (χ0n) is 21.0. The van der Waals surface area contributed by atoms with E-state index in [-0.39, 0.29) is 49.4 Å². The first-order chi connectivity index (χ1) is 15.5. The molecule has 5 amide bonds. The summed E-state index contributed by atoms with van der Waals surface area (Å²) in [5.41, 5.74) is -0.983. The van der Waals surface area contributed by atoms with E-state index in [9.17, 15) is 14.4 Å². The van der Waals surface area contributed by atoms with Crippen molar-refractivity contribution in [3.8, 4) is 0 Å². The van der Waals surface area contributed by atoms with Crippen LogP contribution in [0.25, 0.3) is 0 Å². The largest absolute Gasteiger partial charge is 0.375 e. The summed E-state index contributed by atoms with van der Waals surface area (Å²) in [5.74, 6) is -0.196. The molecule has 188 valence electrons. The molecule has 3 rings (SSSR count). The molecule has 3 fully saturated rings. The Bertz CT molecular complexity index is 729. The van der Waals surface area contributed by atoms with E-state index in [4.69, 9.17) is 9.47 Å². The minimum Gasteiger partial charge on any atom is -0.375 e. The maximum Gasteiger partial charge on any atom is 0.329 e. The van der Waals surface area contributed by atoms with Crippen LogP contribution in [-0.2, 0) is 14.3 Å². The van der Waals surface area contributed by atoms with Crippen LogP contribution in [0.15, 0.2) is 0 Å². The Morgan fingerprint density at radius 1 is 1.21 bits per heavy atom. The SMILES string of the molecule is CCCNC(=O)NC1CCC(C)(CN2C(=O)N(COCC[Si](C)(C)C)C(=O)C23COC3)CC1. The van der Waals surface area contributed by atoms with Gasteiger partial charge in [-0.05, 0) is 43.6 Å². The molecule has 2 heterocycles. The Morgan fingerprint density at radius 3 is 2.42 bits per heavy atom. The van der Waals surface area contributed by atoms with Crippen molar-refractivity contribution in [2.75, 3.05) is 39.6 Å². The Kier molecular flexibility index (Phi) is 8.11. The highest BCUT2D eigenvalue weighted by Gasteiger charge is 2.62. The van der Waals surface area contributed by atoms with Gasteiger partial charge in [-0.3, -0.25) is 4.79 Å². The van der Waals surface area contributed by atoms with Crippen LogP contribution in [-0.4, -0.2) is 87.1 Å². The van der Waals surface area contributed by atoms with Gasteiger partial charge in [0, 0.05) is 33.8 Å². The van der Waals surface area contributed by atoms with Crippen LogP contribution < -0.4 is 10.6 Å². The van der Waals surface area contributed by atoms with E-state index in [2.05, 4.69) is 37.2 Å². The predicted molar refractivity (Wildman–Crippen MR) is 129 cm³/mol. The molecule has 0 aromatic heterocycles. The fourth-order valence-corrected chi connectivity index (χ4v) is 5.45. The van der Waals surface area contributed by atoms with Crippen molar-refractivity contribution >= 4 is 26.0 Å². The third kappa shape index (κ3) is 6.08. The second kappa shape index (κ2) is 10.3. The fraction of sp³-hybridized carbons (Fsp3) is 0.870. The Balaban J connectivity index is 1.56. The number of carbonyl (C=O) groups is 3. The summed E-state index contributed by atoms with van der Waals surface area (Å²) in [4.78, 5) is 41.4. The van der Waals surface area contributed by atoms with Gasteiger partial charge in [0.1, 0.15) is 6.73 Å². The van der Waals surface area contributed by atoms with Gasteiger partial charge in [-0.1, -0.05) is 33.5 Å². The molecule has 1 saturated carbocycles. The van der Waals surface area contributed by atoms with Crippen molar-refractivity contribution < 1.29 is 23.9 Å². The highest BCUT2D eigenvalue weighted by molar-refractivity contribution is 6.76. The quantitative estimate of drug-likeness (QED) is 0.283. The van der Waals surface area contributed by atoms with Crippen LogP contribution in [0.2, 0.25) is 25.7 Å². The molecule has 0 bridgehead atoms. The Labute approximate surface area is 198 Å². The van der Waals surface area contributed by atoms with Crippen molar-refractivity contribution in [1.29, 1.82) is 0 Å². The summed E-state index contributed by atoms with van der Waals surface area (Å²) < 4.78 is 11.2. The number of nitrogens with one attached hydrogen (secondary N) is 2. The fourth-order valence-electron chi connectivity index (χ4n) is 4.70. The molecule has 0 unspecified atom stereocenters. The summed E-state index contributed by atoms with van der Waals surface area (Å²) in [6.45, 7) is 13.3. The lowest BCUT2D eigenvalue weighted by Crippen LogP contribution is -2.65. The normalized spacial score (nSPS) is 27.1. The summed E-state index contributed by atoms with van der Waals surface area (Å²) in [6, 6.07) is 0.756. The van der Waals surface area contributed by atoms with E-state index >= 15 is 0 Å². The van der Waals surface area contributed by atoms with Gasteiger partial charge in [0.05, 0.1) is 13.2 Å². The minimum atomic E-state index is -1.24. The predicted octanol–water partition coefficient (Wildman–Crippen LogP) is 2.99. The number of amides is 5. The lowest BCUT2D eigenvalue weighted by molar-refractivity contribution is -0.162. The number of nitrogens with zero attached hydrogens (tertiary/aromatic N) is 2. The first kappa shape index (κ1) is 26.0. The van der Waals surface area contributed by atoms with Gasteiger partial charge in [0.2, 0.25) is 0 Å². The Morgan fingerprint density at radius 2 is 1.88 bits per heavy atom. The minimum absolute atomic E-state index is 0.00990. The van der Waals surface area contributed by atoms with Gasteiger partial charge in [-0.25, -0.2) is 14.5 Å². The topological polar surface area (TPSA) is 100 Å². The first-order valence-corrected chi connectivity index (χ1v) is 16.0. The molecule has 10 heteroatoms.